The number of likely N-dealkylation sites (N-methyl/N-ethyl adjacent to an activating group) is 1. The van der Waals surface area contributed by atoms with Crippen molar-refractivity contribution in [2.75, 3.05) is 13.6 Å². The number of hydrogen-bond acceptors (Lipinski definition) is 2. The number of benzene rings is 1. The van der Waals surface area contributed by atoms with Crippen molar-refractivity contribution < 1.29 is 4.79 Å². The molecule has 1 atom stereocenters. The number of aryl methyl sites for hydroxylation is 2. The molecular weight excluding hydrogens is 272 g/mol. The Kier molecular flexibility index (Phi) is 6.01. The van der Waals surface area contributed by atoms with Crippen LogP contribution in [-0.2, 0) is 24.1 Å². The fourth-order valence-corrected chi connectivity index (χ4v) is 3.01. The zero-order valence-electron chi connectivity index (χ0n) is 14.3. The summed E-state index contributed by atoms with van der Waals surface area (Å²) >= 11 is 0. The van der Waals surface area contributed by atoms with Gasteiger partial charge in [-0.2, -0.15) is 0 Å². The maximum atomic E-state index is 12.3. The van der Waals surface area contributed by atoms with E-state index in [1.54, 1.807) is 0 Å². The van der Waals surface area contributed by atoms with Gasteiger partial charge in [0, 0.05) is 19.6 Å². The molecule has 122 valence electrons. The monoisotopic (exact) mass is 302 g/mol. The quantitative estimate of drug-likeness (QED) is 0.878. The predicted molar refractivity (Wildman–Crippen MR) is 91.9 cm³/mol. The third kappa shape index (κ3) is 4.57. The van der Waals surface area contributed by atoms with E-state index in [9.17, 15) is 4.79 Å². The van der Waals surface area contributed by atoms with Crippen molar-refractivity contribution in [3.63, 3.8) is 0 Å². The van der Waals surface area contributed by atoms with Gasteiger partial charge in [0.2, 0.25) is 5.91 Å². The van der Waals surface area contributed by atoms with E-state index in [4.69, 9.17) is 5.73 Å². The average Bonchev–Trinajstić information content (AvgIpc) is 2.51. The number of hydrogen-bond donors (Lipinski definition) is 1. The standard InChI is InChI=1S/C19H30N2O/c1-14(2)18(20)10-11-21(3)19(22)13-15-8-9-16-6-4-5-7-17(16)12-15/h8-9,12,14,18H,4-7,10-11,13,20H2,1-3H3. The molecule has 1 unspecified atom stereocenters. The lowest BCUT2D eigenvalue weighted by Crippen LogP contribution is -2.35. The Labute approximate surface area is 134 Å². The van der Waals surface area contributed by atoms with Gasteiger partial charge in [-0.3, -0.25) is 4.79 Å². The molecule has 0 aliphatic heterocycles. The summed E-state index contributed by atoms with van der Waals surface area (Å²) in [6, 6.07) is 6.74. The second-order valence-electron chi connectivity index (χ2n) is 7.00. The van der Waals surface area contributed by atoms with Crippen molar-refractivity contribution >= 4 is 5.91 Å². The van der Waals surface area contributed by atoms with Crippen LogP contribution in [0.4, 0.5) is 0 Å². The molecule has 22 heavy (non-hydrogen) atoms. The number of fused-ring (bicyclic) bond motifs is 1. The van der Waals surface area contributed by atoms with Crippen LogP contribution in [-0.4, -0.2) is 30.4 Å². The molecule has 3 heteroatoms. The predicted octanol–water partition coefficient (Wildman–Crippen LogP) is 2.94. The Balaban J connectivity index is 1.88. The minimum atomic E-state index is 0.166. The Morgan fingerprint density at radius 1 is 1.23 bits per heavy atom. The fourth-order valence-electron chi connectivity index (χ4n) is 3.01. The van der Waals surface area contributed by atoms with Gasteiger partial charge in [-0.25, -0.2) is 0 Å². The smallest absolute Gasteiger partial charge is 0.226 e. The first kappa shape index (κ1) is 17.0. The lowest BCUT2D eigenvalue weighted by Gasteiger charge is -2.22. The van der Waals surface area contributed by atoms with E-state index in [1.807, 2.05) is 11.9 Å². The zero-order chi connectivity index (χ0) is 16.1. The fraction of sp³-hybridized carbons (Fsp3) is 0.632. The number of rotatable bonds is 6. The number of nitrogens with zero attached hydrogens (tertiary/aromatic N) is 1. The number of carbonyl (C=O) groups excluding carboxylic acids is 1. The Morgan fingerprint density at radius 2 is 1.91 bits per heavy atom. The highest BCUT2D eigenvalue weighted by Gasteiger charge is 2.15. The van der Waals surface area contributed by atoms with Gasteiger partial charge in [-0.15, -0.1) is 0 Å². The number of nitrogens with two attached hydrogens (primary N) is 1. The zero-order valence-corrected chi connectivity index (χ0v) is 14.3. The van der Waals surface area contributed by atoms with Crippen LogP contribution in [0.15, 0.2) is 18.2 Å². The highest BCUT2D eigenvalue weighted by Crippen LogP contribution is 2.22. The molecule has 0 saturated heterocycles. The Bertz CT molecular complexity index is 510. The van der Waals surface area contributed by atoms with Gasteiger partial charge in [0.05, 0.1) is 6.42 Å². The van der Waals surface area contributed by atoms with Crippen LogP contribution >= 0.6 is 0 Å². The molecule has 0 heterocycles. The SMILES string of the molecule is CC(C)C(N)CCN(C)C(=O)Cc1ccc2c(c1)CCCC2. The normalized spacial score (nSPS) is 15.5. The van der Waals surface area contributed by atoms with Crippen LogP contribution in [0.1, 0.15) is 49.8 Å². The van der Waals surface area contributed by atoms with Gasteiger partial charge in [-0.1, -0.05) is 32.0 Å². The maximum absolute atomic E-state index is 12.3. The Hall–Kier alpha value is -1.35. The van der Waals surface area contributed by atoms with E-state index in [1.165, 1.54) is 30.4 Å². The van der Waals surface area contributed by atoms with E-state index < -0.39 is 0 Å². The van der Waals surface area contributed by atoms with E-state index >= 15 is 0 Å². The van der Waals surface area contributed by atoms with Crippen molar-refractivity contribution in [1.82, 2.24) is 4.90 Å². The minimum Gasteiger partial charge on any atom is -0.345 e. The van der Waals surface area contributed by atoms with Crippen LogP contribution in [0.5, 0.6) is 0 Å². The van der Waals surface area contributed by atoms with E-state index in [0.717, 1.165) is 24.9 Å². The first-order valence-corrected chi connectivity index (χ1v) is 8.57. The molecule has 3 nitrogen and oxygen atoms in total. The summed E-state index contributed by atoms with van der Waals surface area (Å²) in [5, 5.41) is 0. The van der Waals surface area contributed by atoms with Crippen LogP contribution in [0, 0.1) is 5.92 Å². The summed E-state index contributed by atoms with van der Waals surface area (Å²) in [5.41, 5.74) is 10.1. The molecule has 1 aromatic carbocycles. The molecular formula is C19H30N2O. The summed E-state index contributed by atoms with van der Waals surface area (Å²) in [4.78, 5) is 14.2. The molecule has 0 aromatic heterocycles. The second-order valence-corrected chi connectivity index (χ2v) is 7.00. The first-order valence-electron chi connectivity index (χ1n) is 8.57. The van der Waals surface area contributed by atoms with Crippen molar-refractivity contribution in [1.29, 1.82) is 0 Å². The highest BCUT2D eigenvalue weighted by molar-refractivity contribution is 5.78. The van der Waals surface area contributed by atoms with Crippen LogP contribution in [0.2, 0.25) is 0 Å². The van der Waals surface area contributed by atoms with Crippen LogP contribution in [0.25, 0.3) is 0 Å². The molecule has 0 radical (unpaired) electrons. The first-order chi connectivity index (χ1) is 10.5. The molecule has 0 fully saturated rings. The number of carbonyl (C=O) groups is 1. The molecule has 1 aliphatic carbocycles. The minimum absolute atomic E-state index is 0.166. The number of amides is 1. The summed E-state index contributed by atoms with van der Waals surface area (Å²) in [5.74, 6) is 0.649. The third-order valence-corrected chi connectivity index (χ3v) is 4.85. The van der Waals surface area contributed by atoms with Crippen molar-refractivity contribution in [2.24, 2.45) is 11.7 Å². The lowest BCUT2D eigenvalue weighted by molar-refractivity contribution is -0.129. The van der Waals surface area contributed by atoms with Crippen molar-refractivity contribution in [3.05, 3.63) is 34.9 Å². The average molecular weight is 302 g/mol. The van der Waals surface area contributed by atoms with Crippen LogP contribution < -0.4 is 5.73 Å². The molecule has 1 aliphatic rings. The van der Waals surface area contributed by atoms with Crippen molar-refractivity contribution in [3.8, 4) is 0 Å². The maximum Gasteiger partial charge on any atom is 0.226 e. The van der Waals surface area contributed by atoms with E-state index in [-0.39, 0.29) is 11.9 Å². The van der Waals surface area contributed by atoms with Gasteiger partial charge in [0.25, 0.3) is 0 Å². The molecule has 1 amide bonds. The molecule has 2 N–H and O–H groups in total. The molecule has 2 rings (SSSR count). The summed E-state index contributed by atoms with van der Waals surface area (Å²) in [6.45, 7) is 4.99. The molecule has 1 aromatic rings. The lowest BCUT2D eigenvalue weighted by atomic mass is 9.90. The van der Waals surface area contributed by atoms with Gasteiger partial charge in [0.15, 0.2) is 0 Å². The van der Waals surface area contributed by atoms with Gasteiger partial charge < -0.3 is 10.6 Å². The third-order valence-electron chi connectivity index (χ3n) is 4.85. The summed E-state index contributed by atoms with van der Waals surface area (Å²) in [6.07, 6.45) is 6.29. The van der Waals surface area contributed by atoms with Gasteiger partial charge in [-0.05, 0) is 54.7 Å². The highest BCUT2D eigenvalue weighted by atomic mass is 16.2. The topological polar surface area (TPSA) is 46.3 Å². The van der Waals surface area contributed by atoms with E-state index in [2.05, 4.69) is 32.0 Å². The second kappa shape index (κ2) is 7.77. The largest absolute Gasteiger partial charge is 0.345 e. The summed E-state index contributed by atoms with van der Waals surface area (Å²) < 4.78 is 0. The van der Waals surface area contributed by atoms with Crippen molar-refractivity contribution in [2.45, 2.75) is 58.4 Å². The Morgan fingerprint density at radius 3 is 2.59 bits per heavy atom. The van der Waals surface area contributed by atoms with E-state index in [0.29, 0.717) is 12.3 Å². The van der Waals surface area contributed by atoms with Crippen LogP contribution in [0.3, 0.4) is 0 Å². The molecule has 0 bridgehead atoms. The molecule has 0 spiro atoms. The van der Waals surface area contributed by atoms with Gasteiger partial charge in [0.1, 0.15) is 0 Å². The van der Waals surface area contributed by atoms with Gasteiger partial charge >= 0.3 is 0 Å². The summed E-state index contributed by atoms with van der Waals surface area (Å²) in [7, 11) is 1.88. The molecule has 0 saturated carbocycles.